The summed E-state index contributed by atoms with van der Waals surface area (Å²) in [6.07, 6.45) is 8.05. The van der Waals surface area contributed by atoms with E-state index in [9.17, 15) is 0 Å². The summed E-state index contributed by atoms with van der Waals surface area (Å²) in [5.74, 6) is 0.832. The van der Waals surface area contributed by atoms with Gasteiger partial charge in [0.05, 0.1) is 19.3 Å². The van der Waals surface area contributed by atoms with Crippen LogP contribution in [0.3, 0.4) is 0 Å². The molecule has 0 aromatic carbocycles. The van der Waals surface area contributed by atoms with Crippen LogP contribution in [0.15, 0.2) is 12.4 Å². The number of nitrogens with zero attached hydrogens (tertiary/aromatic N) is 2. The zero-order valence-electron chi connectivity index (χ0n) is 11.8. The summed E-state index contributed by atoms with van der Waals surface area (Å²) < 4.78 is 13.6. The number of aryl methyl sites for hydroxylation is 1. The number of aromatic nitrogens is 2. The number of hydrogen-bond acceptors (Lipinski definition) is 4. The van der Waals surface area contributed by atoms with Crippen molar-refractivity contribution < 1.29 is 9.47 Å². The molecule has 1 saturated carbocycles. The standard InChI is InChI=1S/C14H23N3O2/c1-11(13-15-7-8-17(13)2)16-12-3-5-14(6-4-12)18-9-10-19-14/h7-8,11-12,16H,3-6,9-10H2,1-2H3. The van der Waals surface area contributed by atoms with Crippen molar-refractivity contribution in [1.82, 2.24) is 14.9 Å². The van der Waals surface area contributed by atoms with E-state index in [0.717, 1.165) is 44.7 Å². The van der Waals surface area contributed by atoms with Crippen LogP contribution in [0.1, 0.15) is 44.5 Å². The van der Waals surface area contributed by atoms with Gasteiger partial charge in [0.15, 0.2) is 5.79 Å². The minimum atomic E-state index is -0.259. The van der Waals surface area contributed by atoms with E-state index >= 15 is 0 Å². The summed E-state index contributed by atoms with van der Waals surface area (Å²) in [5, 5.41) is 3.67. The van der Waals surface area contributed by atoms with E-state index in [1.165, 1.54) is 0 Å². The van der Waals surface area contributed by atoms with Crippen molar-refractivity contribution >= 4 is 0 Å². The van der Waals surface area contributed by atoms with Crippen LogP contribution in [-0.4, -0.2) is 34.6 Å². The zero-order valence-corrected chi connectivity index (χ0v) is 11.8. The molecule has 1 spiro atoms. The van der Waals surface area contributed by atoms with E-state index in [2.05, 4.69) is 21.8 Å². The van der Waals surface area contributed by atoms with Crippen LogP contribution in [0.2, 0.25) is 0 Å². The maximum absolute atomic E-state index is 5.76. The van der Waals surface area contributed by atoms with E-state index in [4.69, 9.17) is 9.47 Å². The number of imidazole rings is 1. The Bertz CT molecular complexity index is 416. The molecule has 0 amide bonds. The molecule has 2 fully saturated rings. The lowest BCUT2D eigenvalue weighted by Crippen LogP contribution is -2.43. The summed E-state index contributed by atoms with van der Waals surface area (Å²) >= 11 is 0. The fraction of sp³-hybridized carbons (Fsp3) is 0.786. The van der Waals surface area contributed by atoms with Gasteiger partial charge in [0.2, 0.25) is 0 Å². The zero-order chi connectivity index (χ0) is 13.3. The van der Waals surface area contributed by atoms with Gasteiger partial charge >= 0.3 is 0 Å². The van der Waals surface area contributed by atoms with Crippen molar-refractivity contribution in [3.63, 3.8) is 0 Å². The highest BCUT2D eigenvalue weighted by atomic mass is 16.7. The number of nitrogens with one attached hydrogen (secondary N) is 1. The molecule has 3 rings (SSSR count). The Hall–Kier alpha value is -0.910. The van der Waals surface area contributed by atoms with Crippen LogP contribution in [-0.2, 0) is 16.5 Å². The summed E-state index contributed by atoms with van der Waals surface area (Å²) in [6.45, 7) is 3.68. The molecule has 1 aliphatic carbocycles. The van der Waals surface area contributed by atoms with Crippen molar-refractivity contribution in [3.8, 4) is 0 Å². The van der Waals surface area contributed by atoms with Crippen LogP contribution < -0.4 is 5.32 Å². The quantitative estimate of drug-likeness (QED) is 0.904. The third-order valence-corrected chi connectivity index (χ3v) is 4.29. The average Bonchev–Trinajstić information content (AvgIpc) is 3.02. The van der Waals surface area contributed by atoms with Gasteiger partial charge in [0.25, 0.3) is 0 Å². The van der Waals surface area contributed by atoms with E-state index in [1.54, 1.807) is 0 Å². The van der Waals surface area contributed by atoms with E-state index in [1.807, 2.05) is 19.4 Å². The normalized spacial score (nSPS) is 24.9. The van der Waals surface area contributed by atoms with Gasteiger partial charge in [0.1, 0.15) is 5.82 Å². The predicted molar refractivity (Wildman–Crippen MR) is 71.6 cm³/mol. The number of ether oxygens (including phenoxy) is 2. The third-order valence-electron chi connectivity index (χ3n) is 4.29. The molecule has 106 valence electrons. The molecule has 2 heterocycles. The lowest BCUT2D eigenvalue weighted by Gasteiger charge is -2.36. The average molecular weight is 265 g/mol. The first-order chi connectivity index (χ1) is 9.19. The highest BCUT2D eigenvalue weighted by Crippen LogP contribution is 2.36. The molecule has 1 aliphatic heterocycles. The van der Waals surface area contributed by atoms with Gasteiger partial charge in [-0.3, -0.25) is 0 Å². The maximum Gasteiger partial charge on any atom is 0.168 e. The summed E-state index contributed by atoms with van der Waals surface area (Å²) in [6, 6.07) is 0.814. The van der Waals surface area contributed by atoms with Crippen molar-refractivity contribution in [1.29, 1.82) is 0 Å². The van der Waals surface area contributed by atoms with E-state index < -0.39 is 0 Å². The molecule has 5 heteroatoms. The Labute approximate surface area is 114 Å². The minimum absolute atomic E-state index is 0.259. The van der Waals surface area contributed by atoms with Crippen LogP contribution in [0.25, 0.3) is 0 Å². The van der Waals surface area contributed by atoms with Gasteiger partial charge < -0.3 is 19.4 Å². The molecule has 0 radical (unpaired) electrons. The molecule has 19 heavy (non-hydrogen) atoms. The van der Waals surface area contributed by atoms with Gasteiger partial charge in [0, 0.05) is 38.3 Å². The van der Waals surface area contributed by atoms with Gasteiger partial charge in [-0.15, -0.1) is 0 Å². The van der Waals surface area contributed by atoms with Crippen LogP contribution in [0.5, 0.6) is 0 Å². The second kappa shape index (κ2) is 5.23. The highest BCUT2D eigenvalue weighted by Gasteiger charge is 2.40. The first kappa shape index (κ1) is 13.1. The molecule has 1 unspecified atom stereocenters. The van der Waals surface area contributed by atoms with Crippen LogP contribution in [0.4, 0.5) is 0 Å². The van der Waals surface area contributed by atoms with Crippen LogP contribution in [0, 0.1) is 0 Å². The van der Waals surface area contributed by atoms with Crippen molar-refractivity contribution in [2.75, 3.05) is 13.2 Å². The summed E-state index contributed by atoms with van der Waals surface area (Å²) in [4.78, 5) is 4.40. The number of hydrogen-bond donors (Lipinski definition) is 1. The lowest BCUT2D eigenvalue weighted by molar-refractivity contribution is -0.179. The molecule has 0 bridgehead atoms. The Kier molecular flexibility index (Phi) is 3.60. The SMILES string of the molecule is CC(NC1CCC2(CC1)OCCO2)c1nccn1C. The van der Waals surface area contributed by atoms with Crippen LogP contribution >= 0.6 is 0 Å². The fourth-order valence-corrected chi connectivity index (χ4v) is 3.23. The summed E-state index contributed by atoms with van der Waals surface area (Å²) in [5.41, 5.74) is 0. The van der Waals surface area contributed by atoms with Gasteiger partial charge in [-0.25, -0.2) is 4.98 Å². The Morgan fingerprint density at radius 2 is 2.05 bits per heavy atom. The monoisotopic (exact) mass is 265 g/mol. The molecular formula is C14H23N3O2. The molecule has 1 aromatic heterocycles. The van der Waals surface area contributed by atoms with Crippen molar-refractivity contribution in [2.24, 2.45) is 7.05 Å². The van der Waals surface area contributed by atoms with E-state index in [-0.39, 0.29) is 11.8 Å². The topological polar surface area (TPSA) is 48.3 Å². The van der Waals surface area contributed by atoms with Crippen molar-refractivity contribution in [3.05, 3.63) is 18.2 Å². The molecule has 1 aromatic rings. The smallest absolute Gasteiger partial charge is 0.168 e. The largest absolute Gasteiger partial charge is 0.348 e. The van der Waals surface area contributed by atoms with E-state index in [0.29, 0.717) is 6.04 Å². The molecule has 1 atom stereocenters. The third kappa shape index (κ3) is 2.68. The fourth-order valence-electron chi connectivity index (χ4n) is 3.23. The second-order valence-electron chi connectivity index (χ2n) is 5.67. The lowest BCUT2D eigenvalue weighted by atomic mass is 9.89. The molecule has 5 nitrogen and oxygen atoms in total. The minimum Gasteiger partial charge on any atom is -0.348 e. The summed E-state index contributed by atoms with van der Waals surface area (Å²) in [7, 11) is 2.04. The van der Waals surface area contributed by atoms with Gasteiger partial charge in [-0.05, 0) is 19.8 Å². The second-order valence-corrected chi connectivity index (χ2v) is 5.67. The molecule has 1 saturated heterocycles. The Morgan fingerprint density at radius 1 is 1.37 bits per heavy atom. The van der Waals surface area contributed by atoms with Gasteiger partial charge in [-0.2, -0.15) is 0 Å². The number of rotatable bonds is 3. The van der Waals surface area contributed by atoms with Gasteiger partial charge in [-0.1, -0.05) is 0 Å². The molecule has 1 N–H and O–H groups in total. The molecular weight excluding hydrogens is 242 g/mol. The Morgan fingerprint density at radius 3 is 2.63 bits per heavy atom. The molecule has 2 aliphatic rings. The maximum atomic E-state index is 5.76. The van der Waals surface area contributed by atoms with Crippen molar-refractivity contribution in [2.45, 2.75) is 50.5 Å². The Balaban J connectivity index is 1.53. The first-order valence-electron chi connectivity index (χ1n) is 7.20. The first-order valence-corrected chi connectivity index (χ1v) is 7.20. The highest BCUT2D eigenvalue weighted by molar-refractivity contribution is 4.98. The predicted octanol–water partition coefficient (Wildman–Crippen LogP) is 1.76.